The van der Waals surface area contributed by atoms with Crippen molar-refractivity contribution in [3.63, 3.8) is 0 Å². The Morgan fingerprint density at radius 2 is 1.65 bits per heavy atom. The summed E-state index contributed by atoms with van der Waals surface area (Å²) in [6, 6.07) is 9.92. The van der Waals surface area contributed by atoms with Gasteiger partial charge in [-0.2, -0.15) is 0 Å². The summed E-state index contributed by atoms with van der Waals surface area (Å²) in [6.07, 6.45) is 1.20. The number of hydrogen-bond acceptors (Lipinski definition) is 2. The van der Waals surface area contributed by atoms with E-state index >= 15 is 0 Å². The Bertz CT molecular complexity index is 494. The van der Waals surface area contributed by atoms with E-state index in [1.807, 2.05) is 30.3 Å². The third-order valence-corrected chi connectivity index (χ3v) is 6.97. The minimum atomic E-state index is -3.06. The van der Waals surface area contributed by atoms with E-state index in [1.54, 1.807) is 13.8 Å². The van der Waals surface area contributed by atoms with E-state index in [4.69, 9.17) is 23.2 Å². The molecule has 0 aliphatic carbocycles. The summed E-state index contributed by atoms with van der Waals surface area (Å²) in [5.74, 6) is 0.856. The van der Waals surface area contributed by atoms with Crippen molar-refractivity contribution in [2.75, 3.05) is 17.5 Å². The smallest absolute Gasteiger partial charge is 0.152 e. The van der Waals surface area contributed by atoms with Gasteiger partial charge in [-0.3, -0.25) is 0 Å². The number of benzene rings is 1. The van der Waals surface area contributed by atoms with Gasteiger partial charge in [0.2, 0.25) is 0 Å². The molecule has 20 heavy (non-hydrogen) atoms. The molecule has 0 spiro atoms. The molecule has 0 N–H and O–H groups in total. The highest BCUT2D eigenvalue weighted by atomic mass is 35.5. The first-order valence-corrected chi connectivity index (χ1v) is 9.51. The van der Waals surface area contributed by atoms with E-state index in [0.29, 0.717) is 24.6 Å². The van der Waals surface area contributed by atoms with Crippen LogP contribution in [0.1, 0.15) is 25.8 Å². The fourth-order valence-electron chi connectivity index (χ4n) is 1.98. The summed E-state index contributed by atoms with van der Waals surface area (Å²) in [6.45, 7) is 3.41. The second kappa shape index (κ2) is 7.67. The maximum absolute atomic E-state index is 12.0. The number of rotatable bonds is 8. The normalized spacial score (nSPS) is 12.8. The molecular formula is C15H22Cl2O2S. The van der Waals surface area contributed by atoms with Crippen LogP contribution in [0.2, 0.25) is 0 Å². The SMILES string of the molecule is CC(C)S(=O)(=O)CCC(CCl)(CCl)Cc1ccccc1. The van der Waals surface area contributed by atoms with Crippen LogP contribution in [0.3, 0.4) is 0 Å². The number of alkyl halides is 2. The van der Waals surface area contributed by atoms with E-state index in [0.717, 1.165) is 5.56 Å². The standard InChI is InChI=1S/C15H22Cl2O2S/c1-13(2)20(18,19)9-8-15(11-16,12-17)10-14-6-4-3-5-7-14/h3-7,13H,8-12H2,1-2H3. The van der Waals surface area contributed by atoms with Crippen molar-refractivity contribution in [2.45, 2.75) is 31.9 Å². The summed E-state index contributed by atoms with van der Waals surface area (Å²) < 4.78 is 24.0. The van der Waals surface area contributed by atoms with Gasteiger partial charge in [-0.05, 0) is 32.3 Å². The van der Waals surface area contributed by atoms with Gasteiger partial charge in [-0.15, -0.1) is 23.2 Å². The lowest BCUT2D eigenvalue weighted by Gasteiger charge is -2.30. The second-order valence-electron chi connectivity index (χ2n) is 5.60. The van der Waals surface area contributed by atoms with E-state index < -0.39 is 9.84 Å². The van der Waals surface area contributed by atoms with Crippen LogP contribution in [0.4, 0.5) is 0 Å². The summed E-state index contributed by atoms with van der Waals surface area (Å²) in [7, 11) is -3.06. The summed E-state index contributed by atoms with van der Waals surface area (Å²) in [4.78, 5) is 0. The molecule has 0 aromatic heterocycles. The zero-order valence-electron chi connectivity index (χ0n) is 12.0. The van der Waals surface area contributed by atoms with Gasteiger partial charge in [-0.25, -0.2) is 8.42 Å². The van der Waals surface area contributed by atoms with Crippen LogP contribution in [-0.2, 0) is 16.3 Å². The summed E-state index contributed by atoms with van der Waals surface area (Å²) >= 11 is 12.2. The first kappa shape index (κ1) is 17.8. The van der Waals surface area contributed by atoms with Crippen molar-refractivity contribution in [1.29, 1.82) is 0 Å². The highest BCUT2D eigenvalue weighted by Gasteiger charge is 2.31. The third kappa shape index (κ3) is 4.94. The highest BCUT2D eigenvalue weighted by molar-refractivity contribution is 7.91. The first-order chi connectivity index (χ1) is 9.35. The van der Waals surface area contributed by atoms with Crippen LogP contribution in [0.25, 0.3) is 0 Å². The van der Waals surface area contributed by atoms with E-state index in [-0.39, 0.29) is 16.4 Å². The van der Waals surface area contributed by atoms with Crippen molar-refractivity contribution in [2.24, 2.45) is 5.41 Å². The van der Waals surface area contributed by atoms with Gasteiger partial charge < -0.3 is 0 Å². The zero-order valence-corrected chi connectivity index (χ0v) is 14.3. The van der Waals surface area contributed by atoms with Gasteiger partial charge in [0.25, 0.3) is 0 Å². The molecule has 0 heterocycles. The number of sulfone groups is 1. The Morgan fingerprint density at radius 3 is 2.10 bits per heavy atom. The van der Waals surface area contributed by atoms with Crippen molar-refractivity contribution in [3.8, 4) is 0 Å². The first-order valence-electron chi connectivity index (χ1n) is 6.73. The molecule has 0 fully saturated rings. The molecule has 1 aromatic rings. The molecule has 0 bridgehead atoms. The van der Waals surface area contributed by atoms with Gasteiger partial charge in [0.1, 0.15) is 0 Å². The molecule has 0 saturated carbocycles. The van der Waals surface area contributed by atoms with Crippen LogP contribution in [0.5, 0.6) is 0 Å². The fraction of sp³-hybridized carbons (Fsp3) is 0.600. The van der Waals surface area contributed by atoms with Gasteiger partial charge in [0.05, 0.1) is 11.0 Å². The van der Waals surface area contributed by atoms with E-state index in [1.165, 1.54) is 0 Å². The Balaban J connectivity index is 2.82. The Kier molecular flexibility index (Phi) is 6.83. The molecule has 1 aromatic carbocycles. The molecule has 0 saturated heterocycles. The maximum Gasteiger partial charge on any atom is 0.152 e. The summed E-state index contributed by atoms with van der Waals surface area (Å²) in [5, 5.41) is -0.359. The largest absolute Gasteiger partial charge is 0.229 e. The Morgan fingerprint density at radius 1 is 1.10 bits per heavy atom. The van der Waals surface area contributed by atoms with Crippen LogP contribution < -0.4 is 0 Å². The molecule has 5 heteroatoms. The van der Waals surface area contributed by atoms with Gasteiger partial charge in [0.15, 0.2) is 9.84 Å². The molecule has 2 nitrogen and oxygen atoms in total. The third-order valence-electron chi connectivity index (χ3n) is 3.62. The molecule has 114 valence electrons. The highest BCUT2D eigenvalue weighted by Crippen LogP contribution is 2.31. The topological polar surface area (TPSA) is 34.1 Å². The quantitative estimate of drug-likeness (QED) is 0.674. The van der Waals surface area contributed by atoms with E-state index in [9.17, 15) is 8.42 Å². The molecule has 0 amide bonds. The average molecular weight is 337 g/mol. The predicted octanol–water partition coefficient (Wildman–Crippen LogP) is 3.91. The fourth-order valence-corrected chi connectivity index (χ4v) is 3.91. The van der Waals surface area contributed by atoms with E-state index in [2.05, 4.69) is 0 Å². The molecular weight excluding hydrogens is 315 g/mol. The van der Waals surface area contributed by atoms with Crippen molar-refractivity contribution in [3.05, 3.63) is 35.9 Å². The van der Waals surface area contributed by atoms with Crippen LogP contribution in [0, 0.1) is 5.41 Å². The molecule has 0 unspecified atom stereocenters. The lowest BCUT2D eigenvalue weighted by Crippen LogP contribution is -2.32. The Labute approximate surface area is 132 Å². The predicted molar refractivity (Wildman–Crippen MR) is 87.6 cm³/mol. The Hall–Kier alpha value is -0.250. The molecule has 0 atom stereocenters. The average Bonchev–Trinajstić information content (AvgIpc) is 2.44. The van der Waals surface area contributed by atoms with Crippen molar-refractivity contribution in [1.82, 2.24) is 0 Å². The molecule has 0 aliphatic heterocycles. The van der Waals surface area contributed by atoms with Gasteiger partial charge in [0, 0.05) is 17.2 Å². The lowest BCUT2D eigenvalue weighted by atomic mass is 9.83. The lowest BCUT2D eigenvalue weighted by molar-refractivity contribution is 0.362. The second-order valence-corrected chi connectivity index (χ2v) is 8.81. The minimum Gasteiger partial charge on any atom is -0.229 e. The summed E-state index contributed by atoms with van der Waals surface area (Å²) in [5.41, 5.74) is 0.766. The maximum atomic E-state index is 12.0. The monoisotopic (exact) mass is 336 g/mol. The van der Waals surface area contributed by atoms with Crippen LogP contribution in [0.15, 0.2) is 30.3 Å². The van der Waals surface area contributed by atoms with Crippen LogP contribution >= 0.6 is 23.2 Å². The zero-order chi connectivity index (χ0) is 15.2. The molecule has 0 radical (unpaired) electrons. The van der Waals surface area contributed by atoms with Gasteiger partial charge >= 0.3 is 0 Å². The number of hydrogen-bond donors (Lipinski definition) is 0. The van der Waals surface area contributed by atoms with Crippen LogP contribution in [-0.4, -0.2) is 31.2 Å². The molecule has 1 rings (SSSR count). The van der Waals surface area contributed by atoms with Crippen molar-refractivity contribution < 1.29 is 8.42 Å². The minimum absolute atomic E-state index is 0.136. The van der Waals surface area contributed by atoms with Crippen molar-refractivity contribution >= 4 is 33.0 Å². The van der Waals surface area contributed by atoms with Gasteiger partial charge in [-0.1, -0.05) is 30.3 Å². The number of halogens is 2. The molecule has 0 aliphatic rings.